The predicted octanol–water partition coefficient (Wildman–Crippen LogP) is 4.47. The molecule has 2 N–H and O–H groups in total. The molecule has 0 spiro atoms. The van der Waals surface area contributed by atoms with Gasteiger partial charge in [-0.3, -0.25) is 4.79 Å². The second-order valence-corrected chi connectivity index (χ2v) is 6.84. The number of nitrogens with one attached hydrogen (secondary N) is 1. The van der Waals surface area contributed by atoms with Gasteiger partial charge in [-0.2, -0.15) is 0 Å². The molecule has 1 atom stereocenters. The summed E-state index contributed by atoms with van der Waals surface area (Å²) in [5.74, 6) is -0.190. The lowest BCUT2D eigenvalue weighted by atomic mass is 10.1. The number of carbonyl (C=O) groups excluding carboxylic acids is 1. The number of hydrogen-bond acceptors (Lipinski definition) is 2. The smallest absolute Gasteiger partial charge is 0.268 e. The van der Waals surface area contributed by atoms with Gasteiger partial charge in [0, 0.05) is 28.0 Å². The number of fused-ring (bicyclic) bond motifs is 1. The van der Waals surface area contributed by atoms with E-state index in [0.717, 1.165) is 22.0 Å². The van der Waals surface area contributed by atoms with Crippen molar-refractivity contribution in [1.82, 2.24) is 9.88 Å². The summed E-state index contributed by atoms with van der Waals surface area (Å²) in [6, 6.07) is 12.4. The third-order valence-corrected chi connectivity index (χ3v) is 4.86. The normalized spacial score (nSPS) is 12.4. The lowest BCUT2D eigenvalue weighted by molar-refractivity contribution is 0.0932. The van der Waals surface area contributed by atoms with Crippen molar-refractivity contribution in [3.63, 3.8) is 0 Å². The van der Waals surface area contributed by atoms with Gasteiger partial charge in [-0.05, 0) is 42.3 Å². The molecule has 1 amide bonds. The van der Waals surface area contributed by atoms with Crippen LogP contribution in [0.4, 0.5) is 0 Å². The number of hydrogen-bond donors (Lipinski definition) is 2. The zero-order chi connectivity index (χ0) is 18.1. The highest BCUT2D eigenvalue weighted by molar-refractivity contribution is 6.31. The van der Waals surface area contributed by atoms with Crippen molar-refractivity contribution in [3.8, 4) is 0 Å². The van der Waals surface area contributed by atoms with Gasteiger partial charge < -0.3 is 15.0 Å². The summed E-state index contributed by atoms with van der Waals surface area (Å²) in [5.41, 5.74) is 2.98. The summed E-state index contributed by atoms with van der Waals surface area (Å²) in [6.07, 6.45) is 0. The Balaban J connectivity index is 1.86. The van der Waals surface area contributed by atoms with Crippen molar-refractivity contribution in [2.24, 2.45) is 7.05 Å². The average molecular weight is 377 g/mol. The van der Waals surface area contributed by atoms with E-state index in [0.29, 0.717) is 15.7 Å². The summed E-state index contributed by atoms with van der Waals surface area (Å²) in [7, 11) is 1.83. The first-order valence-electron chi connectivity index (χ1n) is 7.85. The summed E-state index contributed by atoms with van der Waals surface area (Å²) in [6.45, 7) is 1.80. The van der Waals surface area contributed by atoms with Crippen LogP contribution in [0.1, 0.15) is 34.6 Å². The first kappa shape index (κ1) is 17.8. The van der Waals surface area contributed by atoms with Crippen molar-refractivity contribution in [2.45, 2.75) is 19.6 Å². The quantitative estimate of drug-likeness (QED) is 0.705. The highest BCUT2D eigenvalue weighted by Gasteiger charge is 2.18. The average Bonchev–Trinajstić information content (AvgIpc) is 2.91. The van der Waals surface area contributed by atoms with Gasteiger partial charge >= 0.3 is 0 Å². The van der Waals surface area contributed by atoms with Crippen molar-refractivity contribution >= 4 is 40.0 Å². The Hall–Kier alpha value is -2.01. The summed E-state index contributed by atoms with van der Waals surface area (Å²) in [5, 5.41) is 14.2. The number of amides is 1. The summed E-state index contributed by atoms with van der Waals surface area (Å²) < 4.78 is 1.82. The first-order chi connectivity index (χ1) is 11.9. The molecule has 1 unspecified atom stereocenters. The molecule has 4 nitrogen and oxygen atoms in total. The van der Waals surface area contributed by atoms with Crippen LogP contribution < -0.4 is 5.32 Å². The molecule has 0 aliphatic heterocycles. The lowest BCUT2D eigenvalue weighted by Crippen LogP contribution is -2.28. The van der Waals surface area contributed by atoms with Crippen LogP contribution in [0.2, 0.25) is 10.0 Å². The molecule has 6 heteroatoms. The van der Waals surface area contributed by atoms with E-state index >= 15 is 0 Å². The van der Waals surface area contributed by atoms with Gasteiger partial charge in [-0.15, -0.1) is 0 Å². The molecule has 0 radical (unpaired) electrons. The van der Waals surface area contributed by atoms with Crippen molar-refractivity contribution in [3.05, 3.63) is 69.3 Å². The van der Waals surface area contributed by atoms with E-state index < -0.39 is 0 Å². The highest BCUT2D eigenvalue weighted by Crippen LogP contribution is 2.26. The van der Waals surface area contributed by atoms with Crippen LogP contribution in [-0.4, -0.2) is 15.6 Å². The number of carbonyl (C=O) groups is 1. The minimum absolute atomic E-state index is 0.0702. The molecule has 3 rings (SSSR count). The largest absolute Gasteiger partial charge is 0.392 e. The fourth-order valence-corrected chi connectivity index (χ4v) is 3.42. The number of nitrogens with zero attached hydrogens (tertiary/aromatic N) is 1. The second-order valence-electron chi connectivity index (χ2n) is 6.00. The molecule has 0 fully saturated rings. The maximum absolute atomic E-state index is 12.7. The van der Waals surface area contributed by atoms with Crippen LogP contribution in [0.3, 0.4) is 0 Å². The van der Waals surface area contributed by atoms with E-state index in [9.17, 15) is 4.79 Å². The second kappa shape index (κ2) is 7.08. The predicted molar refractivity (Wildman–Crippen MR) is 101 cm³/mol. The molecule has 130 valence electrons. The fraction of sp³-hybridized carbons (Fsp3) is 0.211. The number of aliphatic hydroxyl groups excluding tert-OH is 1. The molecule has 0 aliphatic carbocycles. The van der Waals surface area contributed by atoms with E-state index in [1.165, 1.54) is 0 Å². The zero-order valence-corrected chi connectivity index (χ0v) is 15.4. The number of rotatable bonds is 4. The molecule has 1 aromatic heterocycles. The standard InChI is InChI=1S/C19H18Cl2N2O2/c1-11(15-6-3-12(10-24)7-16(15)21)22-19(25)18-8-13-4-5-14(20)9-17(13)23(18)2/h3-9,11,24H,10H2,1-2H3,(H,22,25). The number of benzene rings is 2. The molecule has 25 heavy (non-hydrogen) atoms. The van der Waals surface area contributed by atoms with Crippen LogP contribution in [0, 0.1) is 0 Å². The Morgan fingerprint density at radius 1 is 1.20 bits per heavy atom. The van der Waals surface area contributed by atoms with Crippen molar-refractivity contribution < 1.29 is 9.90 Å². The molecule has 3 aromatic rings. The van der Waals surface area contributed by atoms with Gasteiger partial charge in [0.2, 0.25) is 0 Å². The van der Waals surface area contributed by atoms with E-state index in [-0.39, 0.29) is 18.6 Å². The Kier molecular flexibility index (Phi) is 5.04. The number of aromatic nitrogens is 1. The zero-order valence-electron chi connectivity index (χ0n) is 13.9. The Bertz CT molecular complexity index is 950. The number of aryl methyl sites for hydroxylation is 1. The summed E-state index contributed by atoms with van der Waals surface area (Å²) in [4.78, 5) is 12.7. The number of aliphatic hydroxyl groups is 1. The number of halogens is 2. The molecule has 0 saturated heterocycles. The Morgan fingerprint density at radius 2 is 1.96 bits per heavy atom. The maximum atomic E-state index is 12.7. The van der Waals surface area contributed by atoms with E-state index in [4.69, 9.17) is 28.3 Å². The third-order valence-electron chi connectivity index (χ3n) is 4.30. The van der Waals surface area contributed by atoms with Crippen molar-refractivity contribution in [2.75, 3.05) is 0 Å². The molecule has 0 aliphatic rings. The van der Waals surface area contributed by atoms with E-state index in [2.05, 4.69) is 5.32 Å². The molecule has 1 heterocycles. The molecular formula is C19H18Cl2N2O2. The molecule has 0 bridgehead atoms. The maximum Gasteiger partial charge on any atom is 0.268 e. The Morgan fingerprint density at radius 3 is 2.64 bits per heavy atom. The monoisotopic (exact) mass is 376 g/mol. The van der Waals surface area contributed by atoms with E-state index in [1.54, 1.807) is 18.2 Å². The van der Waals surface area contributed by atoms with Crippen LogP contribution in [0.25, 0.3) is 10.9 Å². The van der Waals surface area contributed by atoms with Gasteiger partial charge in [-0.25, -0.2) is 0 Å². The van der Waals surface area contributed by atoms with Gasteiger partial charge in [0.05, 0.1) is 12.6 Å². The van der Waals surface area contributed by atoms with Crippen molar-refractivity contribution in [1.29, 1.82) is 0 Å². The van der Waals surface area contributed by atoms with Gasteiger partial charge in [-0.1, -0.05) is 41.4 Å². The van der Waals surface area contributed by atoms with Gasteiger partial charge in [0.1, 0.15) is 5.69 Å². The SMILES string of the molecule is CC(NC(=O)c1cc2ccc(Cl)cc2n1C)c1ccc(CO)cc1Cl. The van der Waals surface area contributed by atoms with E-state index in [1.807, 2.05) is 42.8 Å². The minimum atomic E-state index is -0.269. The summed E-state index contributed by atoms with van der Waals surface area (Å²) >= 11 is 12.3. The first-order valence-corrected chi connectivity index (χ1v) is 8.61. The minimum Gasteiger partial charge on any atom is -0.392 e. The van der Waals surface area contributed by atoms with Gasteiger partial charge in [0.25, 0.3) is 5.91 Å². The van der Waals surface area contributed by atoms with Crippen LogP contribution in [0.15, 0.2) is 42.5 Å². The van der Waals surface area contributed by atoms with Crippen LogP contribution in [-0.2, 0) is 13.7 Å². The van der Waals surface area contributed by atoms with Crippen LogP contribution >= 0.6 is 23.2 Å². The molecular weight excluding hydrogens is 359 g/mol. The lowest BCUT2D eigenvalue weighted by Gasteiger charge is -2.16. The topological polar surface area (TPSA) is 54.3 Å². The fourth-order valence-electron chi connectivity index (χ4n) is 2.89. The van der Waals surface area contributed by atoms with Crippen LogP contribution in [0.5, 0.6) is 0 Å². The molecule has 2 aromatic carbocycles. The molecule has 0 saturated carbocycles. The Labute approximate surface area is 156 Å². The highest BCUT2D eigenvalue weighted by atomic mass is 35.5. The third kappa shape index (κ3) is 3.52. The van der Waals surface area contributed by atoms with Gasteiger partial charge in [0.15, 0.2) is 0 Å².